The van der Waals surface area contributed by atoms with E-state index in [-0.39, 0.29) is 0 Å². The van der Waals surface area contributed by atoms with Gasteiger partial charge in [0.25, 0.3) is 0 Å². The highest BCUT2D eigenvalue weighted by Crippen LogP contribution is 2.24. The molecule has 0 amide bonds. The molecule has 90 valence electrons. The van der Waals surface area contributed by atoms with Gasteiger partial charge >= 0.3 is 0 Å². The van der Waals surface area contributed by atoms with E-state index in [2.05, 4.69) is 46.1 Å². The lowest BCUT2D eigenvalue weighted by atomic mass is 10.2. The van der Waals surface area contributed by atoms with E-state index >= 15 is 0 Å². The smallest absolute Gasteiger partial charge is 0.0485 e. The fourth-order valence-corrected chi connectivity index (χ4v) is 2.36. The van der Waals surface area contributed by atoms with Crippen LogP contribution in [0.25, 0.3) is 0 Å². The summed E-state index contributed by atoms with van der Waals surface area (Å²) in [5.74, 6) is 0.536. The fraction of sp³-hybridized carbons (Fsp3) is 0.500. The van der Waals surface area contributed by atoms with Crippen molar-refractivity contribution < 1.29 is 4.74 Å². The van der Waals surface area contributed by atoms with Crippen LogP contribution in [0, 0.1) is 0 Å². The molecule has 0 spiro atoms. The molecular formula is C12H17BrClNO. The zero-order valence-electron chi connectivity index (χ0n) is 9.67. The van der Waals surface area contributed by atoms with E-state index in [1.165, 1.54) is 5.69 Å². The second kappa shape index (κ2) is 7.15. The highest BCUT2D eigenvalue weighted by molar-refractivity contribution is 9.10. The summed E-state index contributed by atoms with van der Waals surface area (Å²) in [6, 6.07) is 6.25. The number of nitrogens with zero attached hydrogens (tertiary/aromatic N) is 1. The molecule has 0 N–H and O–H groups in total. The van der Waals surface area contributed by atoms with E-state index < -0.39 is 0 Å². The maximum atomic E-state index is 5.81. The molecule has 0 fully saturated rings. The minimum absolute atomic E-state index is 0.536. The van der Waals surface area contributed by atoms with Gasteiger partial charge in [0.2, 0.25) is 0 Å². The molecular weight excluding hydrogens is 289 g/mol. The van der Waals surface area contributed by atoms with Crippen LogP contribution in [0.15, 0.2) is 22.7 Å². The van der Waals surface area contributed by atoms with Crippen molar-refractivity contribution in [2.75, 3.05) is 32.2 Å². The lowest BCUT2D eigenvalue weighted by Crippen LogP contribution is -2.19. The summed E-state index contributed by atoms with van der Waals surface area (Å²) in [7, 11) is 3.81. The third-order valence-electron chi connectivity index (χ3n) is 2.46. The molecule has 2 nitrogen and oxygen atoms in total. The van der Waals surface area contributed by atoms with Gasteiger partial charge < -0.3 is 9.64 Å². The number of rotatable bonds is 6. The summed E-state index contributed by atoms with van der Waals surface area (Å²) in [5.41, 5.74) is 2.31. The lowest BCUT2D eigenvalue weighted by Gasteiger charge is -2.19. The third-order valence-corrected chi connectivity index (χ3v) is 3.49. The Morgan fingerprint density at radius 1 is 1.44 bits per heavy atom. The molecule has 0 saturated carbocycles. The Labute approximate surface area is 111 Å². The molecule has 0 saturated heterocycles. The predicted octanol–water partition coefficient (Wildman–Crippen LogP) is 3.66. The molecule has 1 rings (SSSR count). The Kier molecular flexibility index (Phi) is 6.17. The Hall–Kier alpha value is -0.250. The second-order valence-corrected chi connectivity index (χ2v) is 4.80. The Morgan fingerprint density at radius 3 is 2.75 bits per heavy atom. The molecule has 0 bridgehead atoms. The number of benzene rings is 1. The Morgan fingerprint density at radius 2 is 2.19 bits per heavy atom. The SMILES string of the molecule is COCCCN(C)c1ccc(CCl)c(Br)c1. The average molecular weight is 307 g/mol. The third kappa shape index (κ3) is 3.96. The van der Waals surface area contributed by atoms with Gasteiger partial charge in [0.1, 0.15) is 0 Å². The van der Waals surface area contributed by atoms with Gasteiger partial charge in [-0.05, 0) is 24.1 Å². The number of methoxy groups -OCH3 is 1. The average Bonchev–Trinajstić information content (AvgIpc) is 2.29. The highest BCUT2D eigenvalue weighted by Gasteiger charge is 2.04. The van der Waals surface area contributed by atoms with E-state index in [0.717, 1.165) is 29.6 Å². The molecule has 0 aliphatic carbocycles. The fourth-order valence-electron chi connectivity index (χ4n) is 1.46. The number of anilines is 1. The first-order valence-corrected chi connectivity index (χ1v) is 6.56. The van der Waals surface area contributed by atoms with Crippen LogP contribution in [0.1, 0.15) is 12.0 Å². The molecule has 0 aliphatic heterocycles. The summed E-state index contributed by atoms with van der Waals surface area (Å²) < 4.78 is 6.10. The number of halogens is 2. The van der Waals surface area contributed by atoms with Gasteiger partial charge in [-0.2, -0.15) is 0 Å². The zero-order valence-corrected chi connectivity index (χ0v) is 12.0. The van der Waals surface area contributed by atoms with Crippen molar-refractivity contribution in [3.63, 3.8) is 0 Å². The minimum atomic E-state index is 0.536. The van der Waals surface area contributed by atoms with Crippen molar-refractivity contribution in [1.29, 1.82) is 0 Å². The summed E-state index contributed by atoms with van der Waals surface area (Å²) in [6.07, 6.45) is 1.03. The van der Waals surface area contributed by atoms with Crippen molar-refractivity contribution >= 4 is 33.2 Å². The van der Waals surface area contributed by atoms with Crippen molar-refractivity contribution in [3.05, 3.63) is 28.2 Å². The van der Waals surface area contributed by atoms with Gasteiger partial charge in [-0.15, -0.1) is 11.6 Å². The molecule has 1 aromatic carbocycles. The van der Waals surface area contributed by atoms with Gasteiger partial charge in [-0.3, -0.25) is 0 Å². The van der Waals surface area contributed by atoms with Gasteiger partial charge in [0.05, 0.1) is 0 Å². The van der Waals surface area contributed by atoms with E-state index in [1.54, 1.807) is 7.11 Å². The van der Waals surface area contributed by atoms with E-state index in [1.807, 2.05) is 0 Å². The van der Waals surface area contributed by atoms with Crippen LogP contribution in [-0.4, -0.2) is 27.3 Å². The van der Waals surface area contributed by atoms with Gasteiger partial charge in [0.15, 0.2) is 0 Å². The van der Waals surface area contributed by atoms with Gasteiger partial charge in [-0.1, -0.05) is 22.0 Å². The first-order valence-electron chi connectivity index (χ1n) is 5.23. The topological polar surface area (TPSA) is 12.5 Å². The molecule has 0 unspecified atom stereocenters. The van der Waals surface area contributed by atoms with E-state index in [9.17, 15) is 0 Å². The zero-order chi connectivity index (χ0) is 12.0. The van der Waals surface area contributed by atoms with Gasteiger partial charge in [-0.25, -0.2) is 0 Å². The maximum absolute atomic E-state index is 5.81. The van der Waals surface area contributed by atoms with Crippen LogP contribution in [0.5, 0.6) is 0 Å². The number of ether oxygens (including phenoxy) is 1. The highest BCUT2D eigenvalue weighted by atomic mass is 79.9. The molecule has 0 aliphatic rings. The minimum Gasteiger partial charge on any atom is -0.385 e. The summed E-state index contributed by atoms with van der Waals surface area (Å²) in [4.78, 5) is 2.21. The maximum Gasteiger partial charge on any atom is 0.0485 e. The predicted molar refractivity (Wildman–Crippen MR) is 73.5 cm³/mol. The molecule has 1 aromatic rings. The van der Waals surface area contributed by atoms with Crippen LogP contribution in [-0.2, 0) is 10.6 Å². The summed E-state index contributed by atoms with van der Waals surface area (Å²) >= 11 is 9.33. The lowest BCUT2D eigenvalue weighted by molar-refractivity contribution is 0.196. The molecule has 0 radical (unpaired) electrons. The molecule has 16 heavy (non-hydrogen) atoms. The second-order valence-electron chi connectivity index (χ2n) is 3.68. The van der Waals surface area contributed by atoms with Crippen LogP contribution in [0.2, 0.25) is 0 Å². The van der Waals surface area contributed by atoms with Crippen LogP contribution in [0.4, 0.5) is 5.69 Å². The normalized spacial score (nSPS) is 10.5. The van der Waals surface area contributed by atoms with E-state index in [4.69, 9.17) is 16.3 Å². The summed E-state index contributed by atoms with van der Waals surface area (Å²) in [6.45, 7) is 1.78. The van der Waals surface area contributed by atoms with Crippen LogP contribution < -0.4 is 4.90 Å². The van der Waals surface area contributed by atoms with Crippen LogP contribution in [0.3, 0.4) is 0 Å². The molecule has 0 aromatic heterocycles. The number of hydrogen-bond donors (Lipinski definition) is 0. The number of hydrogen-bond acceptors (Lipinski definition) is 2. The number of alkyl halides is 1. The molecule has 0 atom stereocenters. The first-order chi connectivity index (χ1) is 7.69. The van der Waals surface area contributed by atoms with Gasteiger partial charge in [0, 0.05) is 43.3 Å². The molecule has 4 heteroatoms. The van der Waals surface area contributed by atoms with Crippen molar-refractivity contribution in [2.45, 2.75) is 12.3 Å². The van der Waals surface area contributed by atoms with Crippen LogP contribution >= 0.6 is 27.5 Å². The standard InChI is InChI=1S/C12H17BrClNO/c1-15(6-3-7-16-2)11-5-4-10(9-14)12(13)8-11/h4-5,8H,3,6-7,9H2,1-2H3. The van der Waals surface area contributed by atoms with Crippen molar-refractivity contribution in [2.24, 2.45) is 0 Å². The molecule has 0 heterocycles. The Bertz CT molecular complexity index is 333. The quantitative estimate of drug-likeness (QED) is 0.587. The first kappa shape index (κ1) is 13.8. The summed E-state index contributed by atoms with van der Waals surface area (Å²) in [5, 5.41) is 0. The largest absolute Gasteiger partial charge is 0.385 e. The monoisotopic (exact) mass is 305 g/mol. The Balaban J connectivity index is 2.62. The van der Waals surface area contributed by atoms with Crippen molar-refractivity contribution in [3.8, 4) is 0 Å². The van der Waals surface area contributed by atoms with E-state index in [0.29, 0.717) is 5.88 Å². The van der Waals surface area contributed by atoms with Crippen molar-refractivity contribution in [1.82, 2.24) is 0 Å².